The summed E-state index contributed by atoms with van der Waals surface area (Å²) in [6, 6.07) is 10.5. The van der Waals surface area contributed by atoms with Crippen LogP contribution in [-0.2, 0) is 11.2 Å². The van der Waals surface area contributed by atoms with E-state index in [-0.39, 0.29) is 0 Å². The van der Waals surface area contributed by atoms with Gasteiger partial charge in [-0.15, -0.1) is 0 Å². The van der Waals surface area contributed by atoms with Gasteiger partial charge in [-0.3, -0.25) is 9.69 Å². The monoisotopic (exact) mass is 274 g/mol. The first-order valence-corrected chi connectivity index (χ1v) is 7.45. The van der Waals surface area contributed by atoms with Gasteiger partial charge in [0.15, 0.2) is 0 Å². The van der Waals surface area contributed by atoms with E-state index in [1.54, 1.807) is 0 Å². The van der Waals surface area contributed by atoms with Crippen molar-refractivity contribution in [1.29, 1.82) is 0 Å². The van der Waals surface area contributed by atoms with Crippen molar-refractivity contribution in [3.63, 3.8) is 0 Å². The van der Waals surface area contributed by atoms with E-state index < -0.39 is 11.5 Å². The molecule has 3 rings (SSSR count). The first kappa shape index (κ1) is 13.6. The number of rotatable bonds is 5. The predicted octanol–water partition coefficient (Wildman–Crippen LogP) is 1.46. The normalized spacial score (nSPS) is 22.6. The molecule has 1 aliphatic carbocycles. The van der Waals surface area contributed by atoms with E-state index in [0.717, 1.165) is 52.0 Å². The Bertz CT molecular complexity index is 463. The minimum atomic E-state index is -0.629. The summed E-state index contributed by atoms with van der Waals surface area (Å²) in [6.45, 7) is 4.82. The standard InChI is InChI=1S/C16H22N2O2/c19-15(20)16(7-8-16)18-12-10-17(11-13-18)9-6-14-4-2-1-3-5-14/h1-5H,6-13H2,(H,19,20). The van der Waals surface area contributed by atoms with Crippen LogP contribution in [0.3, 0.4) is 0 Å². The molecule has 1 heterocycles. The fraction of sp³-hybridized carbons (Fsp3) is 0.562. The Balaban J connectivity index is 1.46. The zero-order chi connectivity index (χ0) is 14.0. The summed E-state index contributed by atoms with van der Waals surface area (Å²) < 4.78 is 0. The van der Waals surface area contributed by atoms with E-state index in [0.29, 0.717) is 0 Å². The minimum absolute atomic E-state index is 0.508. The van der Waals surface area contributed by atoms with Gasteiger partial charge in [0.05, 0.1) is 0 Å². The van der Waals surface area contributed by atoms with E-state index in [1.165, 1.54) is 5.56 Å². The van der Waals surface area contributed by atoms with Crippen molar-refractivity contribution in [3.8, 4) is 0 Å². The van der Waals surface area contributed by atoms with Crippen LogP contribution in [-0.4, -0.2) is 59.1 Å². The Hall–Kier alpha value is -1.39. The number of nitrogens with zero attached hydrogens (tertiary/aromatic N) is 2. The van der Waals surface area contributed by atoms with Gasteiger partial charge < -0.3 is 10.0 Å². The molecule has 0 spiro atoms. The van der Waals surface area contributed by atoms with Crippen LogP contribution in [0.1, 0.15) is 18.4 Å². The molecule has 0 amide bonds. The predicted molar refractivity (Wildman–Crippen MR) is 77.8 cm³/mol. The van der Waals surface area contributed by atoms with Gasteiger partial charge in [0.2, 0.25) is 0 Å². The molecule has 0 radical (unpaired) electrons. The number of benzene rings is 1. The number of carboxylic acid groups (broad SMARTS) is 1. The van der Waals surface area contributed by atoms with Crippen molar-refractivity contribution in [2.45, 2.75) is 24.8 Å². The van der Waals surface area contributed by atoms with Crippen LogP contribution in [0.4, 0.5) is 0 Å². The highest BCUT2D eigenvalue weighted by Crippen LogP contribution is 2.42. The molecule has 0 unspecified atom stereocenters. The second-order valence-corrected chi connectivity index (χ2v) is 5.90. The van der Waals surface area contributed by atoms with Crippen LogP contribution in [0.2, 0.25) is 0 Å². The van der Waals surface area contributed by atoms with Gasteiger partial charge in [0, 0.05) is 32.7 Å². The maximum absolute atomic E-state index is 11.3. The molecule has 20 heavy (non-hydrogen) atoms. The second kappa shape index (κ2) is 5.54. The lowest BCUT2D eigenvalue weighted by Gasteiger charge is -2.38. The Morgan fingerprint density at radius 3 is 2.30 bits per heavy atom. The summed E-state index contributed by atoms with van der Waals surface area (Å²) in [4.78, 5) is 15.9. The summed E-state index contributed by atoms with van der Waals surface area (Å²) in [5, 5.41) is 9.32. The number of carboxylic acids is 1. The third-order valence-corrected chi connectivity index (χ3v) is 4.66. The molecule has 1 aromatic carbocycles. The molecule has 1 N–H and O–H groups in total. The van der Waals surface area contributed by atoms with Crippen LogP contribution < -0.4 is 0 Å². The summed E-state index contributed by atoms with van der Waals surface area (Å²) in [5.74, 6) is -0.629. The van der Waals surface area contributed by atoms with Gasteiger partial charge in [0.1, 0.15) is 5.54 Å². The lowest BCUT2D eigenvalue weighted by molar-refractivity contribution is -0.146. The molecule has 1 aliphatic heterocycles. The second-order valence-electron chi connectivity index (χ2n) is 5.90. The Morgan fingerprint density at radius 1 is 1.10 bits per heavy atom. The number of hydrogen-bond donors (Lipinski definition) is 1. The summed E-state index contributed by atoms with van der Waals surface area (Å²) in [5.41, 5.74) is 0.866. The number of aliphatic carboxylic acids is 1. The van der Waals surface area contributed by atoms with Crippen molar-refractivity contribution in [2.24, 2.45) is 0 Å². The highest BCUT2D eigenvalue weighted by Gasteiger charge is 2.55. The third-order valence-electron chi connectivity index (χ3n) is 4.66. The third kappa shape index (κ3) is 2.72. The maximum atomic E-state index is 11.3. The molecule has 0 atom stereocenters. The minimum Gasteiger partial charge on any atom is -0.480 e. The average molecular weight is 274 g/mol. The van der Waals surface area contributed by atoms with Gasteiger partial charge in [-0.05, 0) is 24.8 Å². The van der Waals surface area contributed by atoms with E-state index >= 15 is 0 Å². The van der Waals surface area contributed by atoms with Gasteiger partial charge in [0.25, 0.3) is 0 Å². The molecule has 2 fully saturated rings. The largest absolute Gasteiger partial charge is 0.480 e. The van der Waals surface area contributed by atoms with Crippen LogP contribution in [0.25, 0.3) is 0 Å². The molecular formula is C16H22N2O2. The summed E-state index contributed by atoms with van der Waals surface area (Å²) >= 11 is 0. The van der Waals surface area contributed by atoms with Gasteiger partial charge in [-0.25, -0.2) is 0 Å². The van der Waals surface area contributed by atoms with E-state index in [2.05, 4.69) is 34.1 Å². The Kier molecular flexibility index (Phi) is 3.76. The first-order chi connectivity index (χ1) is 9.71. The fourth-order valence-electron chi connectivity index (χ4n) is 3.12. The van der Waals surface area contributed by atoms with E-state index in [4.69, 9.17) is 0 Å². The SMILES string of the molecule is O=C(O)C1(N2CCN(CCc3ccccc3)CC2)CC1. The average Bonchev–Trinajstić information content (AvgIpc) is 3.28. The smallest absolute Gasteiger partial charge is 0.324 e. The van der Waals surface area contributed by atoms with Crippen molar-refractivity contribution in [1.82, 2.24) is 9.80 Å². The zero-order valence-electron chi connectivity index (χ0n) is 11.8. The highest BCUT2D eigenvalue weighted by atomic mass is 16.4. The van der Waals surface area contributed by atoms with E-state index in [9.17, 15) is 9.90 Å². The van der Waals surface area contributed by atoms with Crippen molar-refractivity contribution < 1.29 is 9.90 Å². The molecular weight excluding hydrogens is 252 g/mol. The summed E-state index contributed by atoms with van der Waals surface area (Å²) in [6.07, 6.45) is 2.73. The van der Waals surface area contributed by atoms with Crippen molar-refractivity contribution in [2.75, 3.05) is 32.7 Å². The molecule has 4 heteroatoms. The lowest BCUT2D eigenvalue weighted by Crippen LogP contribution is -2.54. The van der Waals surface area contributed by atoms with Crippen LogP contribution >= 0.6 is 0 Å². The number of hydrogen-bond acceptors (Lipinski definition) is 3. The highest BCUT2D eigenvalue weighted by molar-refractivity contribution is 5.82. The van der Waals surface area contributed by atoms with Gasteiger partial charge in [-0.2, -0.15) is 0 Å². The lowest BCUT2D eigenvalue weighted by atomic mass is 10.1. The molecule has 108 valence electrons. The number of carbonyl (C=O) groups is 1. The topological polar surface area (TPSA) is 43.8 Å². The van der Waals surface area contributed by atoms with Crippen LogP contribution in [0.5, 0.6) is 0 Å². The Morgan fingerprint density at radius 2 is 1.75 bits per heavy atom. The van der Waals surface area contributed by atoms with Crippen LogP contribution in [0, 0.1) is 0 Å². The first-order valence-electron chi connectivity index (χ1n) is 7.45. The summed E-state index contributed by atoms with van der Waals surface area (Å²) in [7, 11) is 0. The molecule has 1 saturated carbocycles. The van der Waals surface area contributed by atoms with Crippen LogP contribution in [0.15, 0.2) is 30.3 Å². The van der Waals surface area contributed by atoms with E-state index in [1.807, 2.05) is 6.07 Å². The molecule has 1 saturated heterocycles. The van der Waals surface area contributed by atoms with Gasteiger partial charge >= 0.3 is 5.97 Å². The van der Waals surface area contributed by atoms with Crippen molar-refractivity contribution in [3.05, 3.63) is 35.9 Å². The fourth-order valence-corrected chi connectivity index (χ4v) is 3.12. The number of piperazine rings is 1. The van der Waals surface area contributed by atoms with Crippen molar-refractivity contribution >= 4 is 5.97 Å². The molecule has 0 aromatic heterocycles. The molecule has 0 bridgehead atoms. The molecule has 2 aliphatic rings. The molecule has 1 aromatic rings. The zero-order valence-corrected chi connectivity index (χ0v) is 11.8. The quantitative estimate of drug-likeness (QED) is 0.883. The molecule has 4 nitrogen and oxygen atoms in total. The Labute approximate surface area is 120 Å². The maximum Gasteiger partial charge on any atom is 0.324 e. The van der Waals surface area contributed by atoms with Gasteiger partial charge in [-0.1, -0.05) is 30.3 Å².